The summed E-state index contributed by atoms with van der Waals surface area (Å²) in [6.45, 7) is 11.2. The molecule has 0 spiro atoms. The number of anilines is 1. The average molecular weight is 523 g/mol. The predicted octanol–water partition coefficient (Wildman–Crippen LogP) is 3.78. The third kappa shape index (κ3) is 7.43. The Bertz CT molecular complexity index is 769. The fraction of sp³-hybridized carbons (Fsp3) is 0.478. The van der Waals surface area contributed by atoms with E-state index in [0.717, 1.165) is 50.1 Å². The molecule has 2 atom stereocenters. The Morgan fingerprint density at radius 2 is 2.03 bits per heavy atom. The number of nitrogens with one attached hydrogen (secondary N) is 2. The summed E-state index contributed by atoms with van der Waals surface area (Å²) in [5.41, 5.74) is 2.43. The van der Waals surface area contributed by atoms with Crippen molar-refractivity contribution >= 4 is 35.8 Å². The molecule has 1 aromatic heterocycles. The molecule has 7 heteroatoms. The largest absolute Gasteiger partial charge is 0.375 e. The number of aliphatic imine (C=N–C) groups is 1. The fourth-order valence-corrected chi connectivity index (χ4v) is 3.39. The SMILES string of the molecule is CCNC(=NCc1ccc(N2CCOC(C)C2)nc1)NCC(C)c1ccccc1.I. The highest BCUT2D eigenvalue weighted by molar-refractivity contribution is 14.0. The molecular weight excluding hydrogens is 489 g/mol. The zero-order chi connectivity index (χ0) is 20.5. The van der Waals surface area contributed by atoms with Crippen molar-refractivity contribution in [3.63, 3.8) is 0 Å². The van der Waals surface area contributed by atoms with Crippen molar-refractivity contribution in [1.29, 1.82) is 0 Å². The van der Waals surface area contributed by atoms with Crippen LogP contribution < -0.4 is 15.5 Å². The molecule has 2 N–H and O–H groups in total. The van der Waals surface area contributed by atoms with Crippen molar-refractivity contribution in [2.45, 2.75) is 39.3 Å². The Balaban J connectivity index is 0.00000320. The van der Waals surface area contributed by atoms with Gasteiger partial charge in [-0.25, -0.2) is 9.98 Å². The second-order valence-corrected chi connectivity index (χ2v) is 7.54. The minimum Gasteiger partial charge on any atom is -0.375 e. The van der Waals surface area contributed by atoms with Crippen LogP contribution in [0.15, 0.2) is 53.7 Å². The number of aromatic nitrogens is 1. The first-order valence-corrected chi connectivity index (χ1v) is 10.5. The van der Waals surface area contributed by atoms with E-state index >= 15 is 0 Å². The summed E-state index contributed by atoms with van der Waals surface area (Å²) in [5, 5.41) is 6.78. The lowest BCUT2D eigenvalue weighted by Gasteiger charge is -2.32. The van der Waals surface area contributed by atoms with E-state index in [1.165, 1.54) is 5.56 Å². The molecule has 2 unspecified atom stereocenters. The number of morpholine rings is 1. The zero-order valence-corrected chi connectivity index (χ0v) is 20.5. The van der Waals surface area contributed by atoms with E-state index in [0.29, 0.717) is 12.5 Å². The van der Waals surface area contributed by atoms with Crippen molar-refractivity contribution in [2.24, 2.45) is 4.99 Å². The molecule has 0 saturated carbocycles. The molecule has 0 radical (unpaired) electrons. The topological polar surface area (TPSA) is 61.8 Å². The Morgan fingerprint density at radius 1 is 1.23 bits per heavy atom. The van der Waals surface area contributed by atoms with Crippen LogP contribution in [0.4, 0.5) is 5.82 Å². The van der Waals surface area contributed by atoms with Gasteiger partial charge in [-0.3, -0.25) is 0 Å². The van der Waals surface area contributed by atoms with Gasteiger partial charge in [0.15, 0.2) is 5.96 Å². The van der Waals surface area contributed by atoms with Crippen LogP contribution in [0.5, 0.6) is 0 Å². The molecule has 0 bridgehead atoms. The van der Waals surface area contributed by atoms with E-state index in [1.54, 1.807) is 0 Å². The van der Waals surface area contributed by atoms with E-state index in [1.807, 2.05) is 12.3 Å². The van der Waals surface area contributed by atoms with Crippen LogP contribution in [0.2, 0.25) is 0 Å². The summed E-state index contributed by atoms with van der Waals surface area (Å²) in [6.07, 6.45) is 2.18. The first-order chi connectivity index (χ1) is 14.2. The van der Waals surface area contributed by atoms with Gasteiger partial charge in [-0.2, -0.15) is 0 Å². The number of benzene rings is 1. The standard InChI is InChI=1S/C23H33N5O.HI/c1-4-24-23(26-14-18(2)21-8-6-5-7-9-21)27-16-20-10-11-22(25-15-20)28-12-13-29-19(3)17-28;/h5-11,15,18-19H,4,12-14,16-17H2,1-3H3,(H2,24,26,27);1H. The van der Waals surface area contributed by atoms with Gasteiger partial charge in [0.05, 0.1) is 19.3 Å². The summed E-state index contributed by atoms with van der Waals surface area (Å²) in [7, 11) is 0. The van der Waals surface area contributed by atoms with Crippen molar-refractivity contribution < 1.29 is 4.74 Å². The molecule has 2 heterocycles. The molecule has 6 nitrogen and oxygen atoms in total. The minimum absolute atomic E-state index is 0. The van der Waals surface area contributed by atoms with Crippen molar-refractivity contribution in [1.82, 2.24) is 15.6 Å². The molecule has 0 amide bonds. The van der Waals surface area contributed by atoms with Gasteiger partial charge < -0.3 is 20.3 Å². The fourth-order valence-electron chi connectivity index (χ4n) is 3.39. The Kier molecular flexibility index (Phi) is 10.4. The molecule has 2 aromatic rings. The Morgan fingerprint density at radius 3 is 2.70 bits per heavy atom. The zero-order valence-electron chi connectivity index (χ0n) is 18.2. The van der Waals surface area contributed by atoms with Crippen LogP contribution in [-0.4, -0.2) is 49.8 Å². The third-order valence-electron chi connectivity index (χ3n) is 5.08. The van der Waals surface area contributed by atoms with Crippen LogP contribution in [0, 0.1) is 0 Å². The first-order valence-electron chi connectivity index (χ1n) is 10.5. The number of halogens is 1. The number of ether oxygens (including phenoxy) is 1. The van der Waals surface area contributed by atoms with Gasteiger partial charge in [0.25, 0.3) is 0 Å². The summed E-state index contributed by atoms with van der Waals surface area (Å²) in [5.74, 6) is 2.26. The van der Waals surface area contributed by atoms with Gasteiger partial charge in [-0.05, 0) is 37.0 Å². The van der Waals surface area contributed by atoms with Crippen LogP contribution >= 0.6 is 24.0 Å². The van der Waals surface area contributed by atoms with Gasteiger partial charge >= 0.3 is 0 Å². The molecular formula is C23H34IN5O. The second-order valence-electron chi connectivity index (χ2n) is 7.54. The molecule has 164 valence electrons. The maximum Gasteiger partial charge on any atom is 0.191 e. The van der Waals surface area contributed by atoms with Gasteiger partial charge in [0.1, 0.15) is 5.82 Å². The normalized spacial score (nSPS) is 17.8. The predicted molar refractivity (Wildman–Crippen MR) is 135 cm³/mol. The van der Waals surface area contributed by atoms with Crippen molar-refractivity contribution in [2.75, 3.05) is 37.7 Å². The van der Waals surface area contributed by atoms with Crippen LogP contribution in [0.3, 0.4) is 0 Å². The van der Waals surface area contributed by atoms with E-state index in [9.17, 15) is 0 Å². The number of nitrogens with zero attached hydrogens (tertiary/aromatic N) is 3. The number of pyridine rings is 1. The summed E-state index contributed by atoms with van der Waals surface area (Å²) in [4.78, 5) is 11.6. The molecule has 1 aliphatic heterocycles. The lowest BCUT2D eigenvalue weighted by atomic mass is 10.0. The molecule has 1 fully saturated rings. The van der Waals surface area contributed by atoms with Crippen molar-refractivity contribution in [3.05, 3.63) is 59.8 Å². The monoisotopic (exact) mass is 523 g/mol. The minimum atomic E-state index is 0. The van der Waals surface area contributed by atoms with Crippen LogP contribution in [-0.2, 0) is 11.3 Å². The van der Waals surface area contributed by atoms with Crippen LogP contribution in [0.25, 0.3) is 0 Å². The Labute approximate surface area is 197 Å². The van der Waals surface area contributed by atoms with Crippen LogP contribution in [0.1, 0.15) is 37.8 Å². The van der Waals surface area contributed by atoms with E-state index in [-0.39, 0.29) is 30.1 Å². The number of rotatable bonds is 7. The lowest BCUT2D eigenvalue weighted by molar-refractivity contribution is 0.0529. The highest BCUT2D eigenvalue weighted by Gasteiger charge is 2.17. The molecule has 1 aliphatic rings. The van der Waals surface area contributed by atoms with Crippen molar-refractivity contribution in [3.8, 4) is 0 Å². The molecule has 1 saturated heterocycles. The maximum atomic E-state index is 5.61. The Hall–Kier alpha value is -1.87. The number of hydrogen-bond donors (Lipinski definition) is 2. The second kappa shape index (κ2) is 12.7. The summed E-state index contributed by atoms with van der Waals surface area (Å²) < 4.78 is 5.61. The number of guanidine groups is 1. The number of hydrogen-bond acceptors (Lipinski definition) is 4. The lowest BCUT2D eigenvalue weighted by Crippen LogP contribution is -2.41. The molecule has 3 rings (SSSR count). The first kappa shape index (κ1) is 24.4. The smallest absolute Gasteiger partial charge is 0.191 e. The summed E-state index contributed by atoms with van der Waals surface area (Å²) >= 11 is 0. The highest BCUT2D eigenvalue weighted by Crippen LogP contribution is 2.16. The molecule has 1 aromatic carbocycles. The van der Waals surface area contributed by atoms with E-state index < -0.39 is 0 Å². The highest BCUT2D eigenvalue weighted by atomic mass is 127. The summed E-state index contributed by atoms with van der Waals surface area (Å²) in [6, 6.07) is 14.7. The van der Waals surface area contributed by atoms with Gasteiger partial charge in [-0.1, -0.05) is 43.3 Å². The third-order valence-corrected chi connectivity index (χ3v) is 5.08. The van der Waals surface area contributed by atoms with E-state index in [2.05, 4.69) is 77.7 Å². The molecule has 30 heavy (non-hydrogen) atoms. The van der Waals surface area contributed by atoms with E-state index in [4.69, 9.17) is 9.73 Å². The van der Waals surface area contributed by atoms with Gasteiger partial charge in [-0.15, -0.1) is 24.0 Å². The maximum absolute atomic E-state index is 5.61. The average Bonchev–Trinajstić information content (AvgIpc) is 2.76. The molecule has 0 aliphatic carbocycles. The quantitative estimate of drug-likeness (QED) is 0.329. The van der Waals surface area contributed by atoms with Gasteiger partial charge in [0.2, 0.25) is 0 Å². The van der Waals surface area contributed by atoms with Gasteiger partial charge in [0, 0.05) is 32.4 Å².